The van der Waals surface area contributed by atoms with Crippen LogP contribution >= 0.6 is 0 Å². The molecule has 0 bridgehead atoms. The molecule has 6 aliphatic heterocycles. The standard InChI is InChI=1S/C44H53N5O11/c1-25-16-33(51)29-17-27-18-36(60-57-23-35(53)44(56,40(54)34(52)22-50)24-48-15-9-30-32(48)8-14-45-30)42(2,12-6-28-19-47-41(55)43(28)10-4-3-5-11-43)59-38(27)37(39(29)58-25)49-20-26-7-13-46-31(26)21-49/h7-9,13-17,20,28,32,34-36,40,50,52-54,56H,3-6,10-12,18-19,21-24H2,1-2H3,(H,47,55)/p+2/t28-,32?,34+,35-,36+,40+,42+,44+/m0/s1. The molecule has 9 rings (SSSR count). The SMILES string of the molecule is Cc1cc(=O)c2cc3c(c([NH+]4C=C5C=CN=C5C4)c2o1)O[C@](C)(CC[C@H]1CNC(=O)C12CCCCC2)[C@H](OOC[C@H](O)[C@](O)(C[NH+]1C=CC2=NC=CC21)[C@H](O)[C@H](O)CO)C3. The monoisotopic (exact) mass is 829 g/mol. The Morgan fingerprint density at radius 2 is 1.92 bits per heavy atom. The number of aliphatic hydroxyl groups excluding tert-OH is 4. The largest absolute Gasteiger partial charge is 0.478 e. The minimum absolute atomic E-state index is 0.0715. The molecule has 1 saturated heterocycles. The third-order valence-electron chi connectivity index (χ3n) is 14.1. The Labute approximate surface area is 346 Å². The van der Waals surface area contributed by atoms with Crippen LogP contribution in [0, 0.1) is 18.3 Å². The predicted octanol–water partition coefficient (Wildman–Crippen LogP) is -0.474. The molecule has 60 heavy (non-hydrogen) atoms. The van der Waals surface area contributed by atoms with E-state index in [2.05, 4.69) is 21.5 Å². The summed E-state index contributed by atoms with van der Waals surface area (Å²) >= 11 is 0. The molecule has 1 spiro atoms. The van der Waals surface area contributed by atoms with E-state index in [0.29, 0.717) is 64.6 Å². The number of amides is 1. The molecule has 7 aliphatic rings. The van der Waals surface area contributed by atoms with Crippen LogP contribution in [-0.4, -0.2) is 117 Å². The van der Waals surface area contributed by atoms with Gasteiger partial charge in [0.1, 0.15) is 73.1 Å². The number of quaternary nitrogens is 2. The van der Waals surface area contributed by atoms with Gasteiger partial charge >= 0.3 is 0 Å². The van der Waals surface area contributed by atoms with Gasteiger partial charge in [-0.15, -0.1) is 0 Å². The van der Waals surface area contributed by atoms with Crippen molar-refractivity contribution in [3.63, 3.8) is 0 Å². The van der Waals surface area contributed by atoms with Crippen LogP contribution in [0.25, 0.3) is 11.0 Å². The summed E-state index contributed by atoms with van der Waals surface area (Å²) in [5.41, 5.74) is 0.363. The first-order valence-corrected chi connectivity index (χ1v) is 21.2. The lowest BCUT2D eigenvalue weighted by Crippen LogP contribution is -3.13. The van der Waals surface area contributed by atoms with Gasteiger partial charge in [-0.05, 0) is 63.7 Å². The van der Waals surface area contributed by atoms with Gasteiger partial charge in [0.15, 0.2) is 22.8 Å². The van der Waals surface area contributed by atoms with Crippen molar-refractivity contribution in [3.05, 3.63) is 82.3 Å². The smallest absolute Gasteiger partial charge is 0.226 e. The lowest BCUT2D eigenvalue weighted by atomic mass is 9.65. The summed E-state index contributed by atoms with van der Waals surface area (Å²) in [6.07, 6.45) is 12.6. The van der Waals surface area contributed by atoms with Crippen molar-refractivity contribution in [2.75, 3.05) is 32.8 Å². The van der Waals surface area contributed by atoms with Crippen LogP contribution in [0.4, 0.5) is 5.69 Å². The Morgan fingerprint density at radius 1 is 1.10 bits per heavy atom. The summed E-state index contributed by atoms with van der Waals surface area (Å²) in [5.74, 6) is 1.21. The molecule has 2 aromatic rings. The Balaban J connectivity index is 1.03. The van der Waals surface area contributed by atoms with Crippen molar-refractivity contribution in [2.24, 2.45) is 21.3 Å². The quantitative estimate of drug-likeness (QED) is 0.0899. The highest BCUT2D eigenvalue weighted by atomic mass is 17.2. The lowest BCUT2D eigenvalue weighted by Gasteiger charge is -2.44. The third kappa shape index (κ3) is 7.01. The van der Waals surface area contributed by atoms with Gasteiger partial charge in [-0.25, -0.2) is 9.78 Å². The van der Waals surface area contributed by atoms with E-state index in [1.165, 1.54) is 6.07 Å². The van der Waals surface area contributed by atoms with Crippen LogP contribution in [0.3, 0.4) is 0 Å². The molecular weight excluding hydrogens is 775 g/mol. The molecule has 16 heteroatoms. The molecule has 2 fully saturated rings. The van der Waals surface area contributed by atoms with Crippen molar-refractivity contribution in [1.29, 1.82) is 0 Å². The van der Waals surface area contributed by atoms with Crippen LogP contribution in [0.2, 0.25) is 0 Å². The number of carbonyl (C=O) groups is 1. The molecule has 0 radical (unpaired) electrons. The van der Waals surface area contributed by atoms with Gasteiger partial charge in [0.2, 0.25) is 17.2 Å². The molecule has 1 amide bonds. The normalized spacial score (nSPS) is 30.9. The third-order valence-corrected chi connectivity index (χ3v) is 14.1. The average Bonchev–Trinajstić information content (AvgIpc) is 4.07. The summed E-state index contributed by atoms with van der Waals surface area (Å²) in [5, 5.41) is 58.4. The van der Waals surface area contributed by atoms with Crippen LogP contribution in [0.15, 0.2) is 79.9 Å². The number of hydrogen-bond donors (Lipinski definition) is 8. The van der Waals surface area contributed by atoms with Crippen LogP contribution in [0.1, 0.15) is 63.2 Å². The number of aliphatic hydroxyl groups is 5. The topological polar surface area (TPSA) is 222 Å². The molecule has 1 saturated carbocycles. The zero-order valence-corrected chi connectivity index (χ0v) is 33.9. The molecule has 7 heterocycles. The van der Waals surface area contributed by atoms with Crippen molar-refractivity contribution in [1.82, 2.24) is 5.32 Å². The predicted molar refractivity (Wildman–Crippen MR) is 218 cm³/mol. The summed E-state index contributed by atoms with van der Waals surface area (Å²) in [4.78, 5) is 49.4. The molecule has 3 unspecified atom stereocenters. The first-order chi connectivity index (χ1) is 28.8. The van der Waals surface area contributed by atoms with Gasteiger partial charge in [-0.1, -0.05) is 19.3 Å². The zero-order chi connectivity index (χ0) is 42.0. The molecule has 1 aromatic heterocycles. The Kier molecular flexibility index (Phi) is 10.8. The highest BCUT2D eigenvalue weighted by Gasteiger charge is 2.54. The van der Waals surface area contributed by atoms with Crippen LogP contribution < -0.4 is 25.3 Å². The van der Waals surface area contributed by atoms with Crippen molar-refractivity contribution < 1.29 is 59.1 Å². The molecule has 16 nitrogen and oxygen atoms in total. The van der Waals surface area contributed by atoms with E-state index in [0.717, 1.165) is 54.0 Å². The van der Waals surface area contributed by atoms with E-state index in [1.54, 1.807) is 37.7 Å². The molecule has 320 valence electrons. The van der Waals surface area contributed by atoms with E-state index in [9.17, 15) is 35.1 Å². The maximum atomic E-state index is 13.6. The van der Waals surface area contributed by atoms with Gasteiger partial charge in [-0.2, -0.15) is 0 Å². The Hall–Kier alpha value is -4.36. The molecular formula is C44H55N5O11+2. The molecule has 1 aromatic carbocycles. The zero-order valence-electron chi connectivity index (χ0n) is 33.9. The molecule has 10 atom stereocenters. The number of nitrogens with one attached hydrogen (secondary N) is 3. The maximum absolute atomic E-state index is 13.6. The first-order valence-electron chi connectivity index (χ1n) is 21.2. The van der Waals surface area contributed by atoms with E-state index >= 15 is 0 Å². The number of ether oxygens (including phenoxy) is 1. The summed E-state index contributed by atoms with van der Waals surface area (Å²) in [7, 11) is 0. The Bertz CT molecular complexity index is 2290. The first kappa shape index (κ1) is 41.0. The fourth-order valence-electron chi connectivity index (χ4n) is 10.6. The number of aryl methyl sites for hydroxylation is 1. The second-order valence-electron chi connectivity index (χ2n) is 17.8. The van der Waals surface area contributed by atoms with E-state index in [4.69, 9.17) is 18.9 Å². The van der Waals surface area contributed by atoms with Crippen molar-refractivity contribution in [2.45, 2.75) is 107 Å². The van der Waals surface area contributed by atoms with Crippen LogP contribution in [0.5, 0.6) is 5.75 Å². The molecule has 8 N–H and O–H groups in total. The van der Waals surface area contributed by atoms with Gasteiger partial charge in [0.25, 0.3) is 0 Å². The van der Waals surface area contributed by atoms with Gasteiger partial charge < -0.3 is 40.0 Å². The maximum Gasteiger partial charge on any atom is 0.226 e. The Morgan fingerprint density at radius 3 is 2.70 bits per heavy atom. The van der Waals surface area contributed by atoms with Gasteiger partial charge in [-0.3, -0.25) is 29.4 Å². The lowest BCUT2D eigenvalue weighted by molar-refractivity contribution is -0.861. The van der Waals surface area contributed by atoms with Crippen molar-refractivity contribution in [3.8, 4) is 5.75 Å². The summed E-state index contributed by atoms with van der Waals surface area (Å²) in [6, 6.07) is 2.98. The van der Waals surface area contributed by atoms with E-state index in [-0.39, 0.29) is 36.3 Å². The van der Waals surface area contributed by atoms with Gasteiger partial charge in [0, 0.05) is 43.1 Å². The summed E-state index contributed by atoms with van der Waals surface area (Å²) < 4.78 is 13.5. The number of allylic oxidation sites excluding steroid dienone is 1. The second kappa shape index (κ2) is 15.8. The number of benzene rings is 1. The number of fused-ring (bicyclic) bond motifs is 4. The number of rotatable bonds is 14. The highest BCUT2D eigenvalue weighted by Crippen LogP contribution is 2.50. The fourth-order valence-corrected chi connectivity index (χ4v) is 10.6. The van der Waals surface area contributed by atoms with Crippen molar-refractivity contribution >= 4 is 34.0 Å². The second-order valence-corrected chi connectivity index (χ2v) is 17.8. The number of aliphatic imine (C=N–C) groups is 2. The van der Waals surface area contributed by atoms with Gasteiger partial charge in [0.05, 0.1) is 29.2 Å². The minimum Gasteiger partial charge on any atom is -0.478 e. The van der Waals surface area contributed by atoms with E-state index < -0.39 is 54.2 Å². The van der Waals surface area contributed by atoms with E-state index in [1.807, 2.05) is 19.1 Å². The minimum atomic E-state index is -2.36. The highest BCUT2D eigenvalue weighted by molar-refractivity contribution is 6.07. The fraction of sp³-hybridized carbons (Fsp3) is 0.545. The number of nitrogens with zero attached hydrogens (tertiary/aromatic N) is 2. The molecule has 1 aliphatic carbocycles. The number of hydrogen-bond acceptors (Lipinski definition) is 13. The average molecular weight is 830 g/mol. The van der Waals surface area contributed by atoms with Crippen LogP contribution in [-0.2, 0) is 21.0 Å². The number of carbonyl (C=O) groups excluding carboxylic acids is 1. The summed E-state index contributed by atoms with van der Waals surface area (Å²) in [6.45, 7) is 3.03.